The van der Waals surface area contributed by atoms with Crippen molar-refractivity contribution >= 4 is 58.2 Å². The summed E-state index contributed by atoms with van der Waals surface area (Å²) in [6.45, 7) is 8.84. The maximum atomic E-state index is 17.2. The quantitative estimate of drug-likeness (QED) is 0.134. The van der Waals surface area contributed by atoms with Gasteiger partial charge in [0.25, 0.3) is 0 Å². The van der Waals surface area contributed by atoms with Crippen LogP contribution in [0.25, 0.3) is 11.1 Å². The van der Waals surface area contributed by atoms with E-state index in [2.05, 4.69) is 22.2 Å². The molecular weight excluding hydrogens is 587 g/mol. The minimum atomic E-state index is -1.02. The second kappa shape index (κ2) is 11.7. The van der Waals surface area contributed by atoms with Gasteiger partial charge in [-0.15, -0.1) is 0 Å². The van der Waals surface area contributed by atoms with Gasteiger partial charge in [0, 0.05) is 42.3 Å². The molecule has 1 fully saturated rings. The summed E-state index contributed by atoms with van der Waals surface area (Å²) < 4.78 is 17.2. The number of hydrogen-bond acceptors (Lipinski definition) is 8. The lowest BCUT2D eigenvalue weighted by Crippen LogP contribution is -2.59. The Bertz CT molecular complexity index is 1760. The molecule has 2 aliphatic rings. The molecule has 5 rings (SSSR count). The number of anilines is 4. The third-order valence-electron chi connectivity index (χ3n) is 8.04. The first-order chi connectivity index (χ1) is 20.9. The van der Waals surface area contributed by atoms with Crippen LogP contribution >= 0.6 is 11.6 Å². The maximum Gasteiger partial charge on any atom is 0.249 e. The van der Waals surface area contributed by atoms with Gasteiger partial charge in [0.15, 0.2) is 5.82 Å². The van der Waals surface area contributed by atoms with Gasteiger partial charge < -0.3 is 36.7 Å². The van der Waals surface area contributed by atoms with Crippen molar-refractivity contribution < 1.29 is 19.1 Å². The van der Waals surface area contributed by atoms with Crippen LogP contribution in [0.3, 0.4) is 0 Å². The number of amidine groups is 1. The molecular formula is C31H32ClFN8O3. The third-order valence-corrected chi connectivity index (χ3v) is 8.41. The van der Waals surface area contributed by atoms with Crippen LogP contribution in [0, 0.1) is 30.5 Å². The maximum absolute atomic E-state index is 17.2. The van der Waals surface area contributed by atoms with E-state index in [4.69, 9.17) is 22.7 Å². The second-order valence-electron chi connectivity index (χ2n) is 10.8. The number of aromatic nitrogens is 1. The van der Waals surface area contributed by atoms with Crippen molar-refractivity contribution in [2.45, 2.75) is 32.9 Å². The van der Waals surface area contributed by atoms with Crippen molar-refractivity contribution in [1.82, 2.24) is 14.8 Å². The normalized spacial score (nSPS) is 16.8. The summed E-state index contributed by atoms with van der Waals surface area (Å²) >= 11 is 6.97. The average Bonchev–Trinajstić information content (AvgIpc) is 3.11. The average molecular weight is 619 g/mol. The number of rotatable bonds is 6. The summed E-state index contributed by atoms with van der Waals surface area (Å²) in [5, 5.41) is 33.5. The van der Waals surface area contributed by atoms with Crippen molar-refractivity contribution in [1.29, 1.82) is 10.8 Å². The summed E-state index contributed by atoms with van der Waals surface area (Å²) in [6.07, 6.45) is 2.67. The zero-order chi connectivity index (χ0) is 32.0. The van der Waals surface area contributed by atoms with Gasteiger partial charge in [0.2, 0.25) is 11.8 Å². The van der Waals surface area contributed by atoms with Gasteiger partial charge in [-0.05, 0) is 55.7 Å². The van der Waals surface area contributed by atoms with Crippen LogP contribution < -0.4 is 16.4 Å². The van der Waals surface area contributed by atoms with E-state index in [1.165, 1.54) is 22.9 Å². The number of fused-ring (bicyclic) bond motifs is 2. The Morgan fingerprint density at radius 3 is 2.64 bits per heavy atom. The van der Waals surface area contributed by atoms with Gasteiger partial charge in [-0.3, -0.25) is 20.0 Å². The number of aliphatic hydroxyl groups excluding tert-OH is 1. The summed E-state index contributed by atoms with van der Waals surface area (Å²) in [5.41, 5.74) is 8.29. The second-order valence-corrected chi connectivity index (χ2v) is 11.1. The van der Waals surface area contributed by atoms with Crippen molar-refractivity contribution in [2.24, 2.45) is 0 Å². The van der Waals surface area contributed by atoms with Crippen molar-refractivity contribution in [2.75, 3.05) is 36.0 Å². The highest BCUT2D eigenvalue weighted by molar-refractivity contribution is 6.39. The molecule has 2 amide bonds. The summed E-state index contributed by atoms with van der Waals surface area (Å²) in [4.78, 5) is 33.4. The molecule has 11 nitrogen and oxygen atoms in total. The van der Waals surface area contributed by atoms with Crippen molar-refractivity contribution in [3.05, 3.63) is 75.8 Å². The van der Waals surface area contributed by atoms with Gasteiger partial charge in [-0.1, -0.05) is 24.2 Å². The number of carbonyl (C=O) groups is 2. The smallest absolute Gasteiger partial charge is 0.249 e. The molecule has 0 radical (unpaired) electrons. The van der Waals surface area contributed by atoms with E-state index in [-0.39, 0.29) is 81.4 Å². The van der Waals surface area contributed by atoms with Crippen LogP contribution in [0.5, 0.6) is 0 Å². The summed E-state index contributed by atoms with van der Waals surface area (Å²) in [5.74, 6) is -1.95. The zero-order valence-electron chi connectivity index (χ0n) is 24.4. The number of hydrogen-bond donors (Lipinski definition) is 6. The zero-order valence-corrected chi connectivity index (χ0v) is 25.1. The van der Waals surface area contributed by atoms with Crippen LogP contribution in [0.4, 0.5) is 27.1 Å². The largest absolute Gasteiger partial charge is 0.398 e. The van der Waals surface area contributed by atoms with Gasteiger partial charge in [0.05, 0.1) is 46.0 Å². The Balaban J connectivity index is 1.83. The molecule has 7 N–H and O–H groups in total. The number of pyridine rings is 1. The van der Waals surface area contributed by atoms with Crippen LogP contribution in [0.2, 0.25) is 5.02 Å². The van der Waals surface area contributed by atoms with E-state index in [0.29, 0.717) is 16.8 Å². The number of halogens is 2. The number of aryl methyl sites for hydroxylation is 2. The van der Waals surface area contributed by atoms with Crippen molar-refractivity contribution in [3.8, 4) is 11.1 Å². The number of nitrogen functional groups attached to an aromatic ring is 1. The molecule has 3 heterocycles. The molecule has 0 bridgehead atoms. The van der Waals surface area contributed by atoms with E-state index in [9.17, 15) is 20.1 Å². The predicted octanol–water partition coefficient (Wildman–Crippen LogP) is 4.51. The molecule has 1 aromatic heterocycles. The molecule has 0 aliphatic carbocycles. The fraction of sp³-hybridized carbons (Fsp3) is 0.258. The molecule has 0 saturated carbocycles. The molecule has 2 aromatic carbocycles. The van der Waals surface area contributed by atoms with Crippen LogP contribution in [0.1, 0.15) is 41.0 Å². The number of nitrogens with one attached hydrogen (secondary N) is 4. The van der Waals surface area contributed by atoms with E-state index < -0.39 is 23.9 Å². The van der Waals surface area contributed by atoms with Gasteiger partial charge >= 0.3 is 0 Å². The highest BCUT2D eigenvalue weighted by Crippen LogP contribution is 2.48. The Labute approximate surface area is 258 Å². The lowest BCUT2D eigenvalue weighted by Gasteiger charge is -2.40. The number of nitrogens with zero attached hydrogens (tertiary/aromatic N) is 3. The first-order valence-electron chi connectivity index (χ1n) is 13.8. The molecule has 44 heavy (non-hydrogen) atoms. The fourth-order valence-electron chi connectivity index (χ4n) is 5.75. The first kappa shape index (κ1) is 30.6. The summed E-state index contributed by atoms with van der Waals surface area (Å²) in [7, 11) is 0. The Kier molecular flexibility index (Phi) is 8.15. The molecule has 3 aromatic rings. The minimum absolute atomic E-state index is 0.0190. The number of benzene rings is 2. The Morgan fingerprint density at radius 2 is 1.98 bits per heavy atom. The highest BCUT2D eigenvalue weighted by atomic mass is 35.5. The highest BCUT2D eigenvalue weighted by Gasteiger charge is 2.42. The van der Waals surface area contributed by atoms with Crippen LogP contribution in [-0.2, 0) is 9.59 Å². The number of carbonyl (C=O) groups excluding carboxylic acids is 2. The third kappa shape index (κ3) is 4.95. The van der Waals surface area contributed by atoms with Gasteiger partial charge in [0.1, 0.15) is 11.9 Å². The molecule has 228 valence electrons. The first-order valence-corrected chi connectivity index (χ1v) is 14.2. The fourth-order valence-corrected chi connectivity index (χ4v) is 6.07. The SMILES string of the molecule is C=CC(=O)N1CCN2C(=N)c3c(Nc4c(C)ccnc4C(C)O)c(F)c(-c4c(C)ccc(N)c4C=N)c(Cl)c3NC(=O)C2C1. The van der Waals surface area contributed by atoms with Crippen LogP contribution in [-0.4, -0.2) is 69.4 Å². The molecule has 13 heteroatoms. The predicted molar refractivity (Wildman–Crippen MR) is 170 cm³/mol. The lowest BCUT2D eigenvalue weighted by molar-refractivity contribution is -0.130. The molecule has 2 unspecified atom stereocenters. The number of aliphatic hydroxyl groups is 1. The Hall–Kier alpha value is -4.81. The number of nitrogens with two attached hydrogens (primary N) is 1. The van der Waals surface area contributed by atoms with E-state index in [1.807, 2.05) is 0 Å². The number of piperazine rings is 1. The minimum Gasteiger partial charge on any atom is -0.398 e. The van der Waals surface area contributed by atoms with Crippen LogP contribution in [0.15, 0.2) is 37.1 Å². The van der Waals surface area contributed by atoms with E-state index in [0.717, 1.165) is 12.3 Å². The molecule has 2 aliphatic heterocycles. The van der Waals surface area contributed by atoms with Gasteiger partial charge in [-0.2, -0.15) is 0 Å². The topological polar surface area (TPSA) is 172 Å². The monoisotopic (exact) mass is 618 g/mol. The van der Waals surface area contributed by atoms with Crippen molar-refractivity contribution in [3.63, 3.8) is 0 Å². The standard InChI is InChI=1S/C31H32ClFN8O3/c1-5-20(43)40-10-11-41-19(13-40)31(44)39-28-23(30(41)36)29(38-26-15(3)8-9-37-27(26)16(4)42)25(33)22(24(28)32)21-14(2)6-7-18(35)17(21)12-34/h5-9,12,16,19,34,36,38,42H,1,10-11,13,35H2,2-4H3,(H,39,44). The number of amides is 2. The molecule has 2 atom stereocenters. The molecule has 0 spiro atoms. The lowest BCUT2D eigenvalue weighted by atomic mass is 9.91. The van der Waals surface area contributed by atoms with Gasteiger partial charge in [-0.25, -0.2) is 4.39 Å². The Morgan fingerprint density at radius 1 is 1.25 bits per heavy atom. The molecule has 1 saturated heterocycles. The summed E-state index contributed by atoms with van der Waals surface area (Å²) in [6, 6.07) is 4.00. The van der Waals surface area contributed by atoms with E-state index in [1.54, 1.807) is 32.0 Å². The van der Waals surface area contributed by atoms with E-state index >= 15 is 4.39 Å².